The van der Waals surface area contributed by atoms with Crippen molar-refractivity contribution in [2.45, 2.75) is 193 Å². The molecule has 0 saturated heterocycles. The van der Waals surface area contributed by atoms with Gasteiger partial charge in [0.05, 0.1) is 119 Å². The fourth-order valence-electron chi connectivity index (χ4n) is 12.4. The van der Waals surface area contributed by atoms with Crippen LogP contribution in [0.5, 0.6) is 0 Å². The highest BCUT2D eigenvalue weighted by Crippen LogP contribution is 2.09. The molecule has 53 nitrogen and oxygen atoms in total. The average molecular weight is 2070 g/mol. The highest BCUT2D eigenvalue weighted by Gasteiger charge is 2.29. The van der Waals surface area contributed by atoms with Gasteiger partial charge in [0.15, 0.2) is 0 Å². The van der Waals surface area contributed by atoms with E-state index >= 15 is 0 Å². The van der Waals surface area contributed by atoms with Crippen molar-refractivity contribution in [3.05, 3.63) is 12.2 Å². The van der Waals surface area contributed by atoms with Crippen molar-refractivity contribution >= 4 is 124 Å². The molecule has 0 spiro atoms. The number of carbonyl (C=O) groups is 21. The highest BCUT2D eigenvalue weighted by atomic mass is 16.6. The van der Waals surface area contributed by atoms with E-state index in [1.807, 2.05) is 27.7 Å². The number of nitrogens with two attached hydrogens (primary N) is 1. The van der Waals surface area contributed by atoms with Gasteiger partial charge in [0.25, 0.3) is 11.8 Å². The first kappa shape index (κ1) is 131. The first-order valence-electron chi connectivity index (χ1n) is 49.7. The van der Waals surface area contributed by atoms with Crippen LogP contribution in [-0.4, -0.2) is 410 Å². The van der Waals surface area contributed by atoms with Crippen LogP contribution in [-0.2, 0) is 158 Å². The zero-order valence-electron chi connectivity index (χ0n) is 84.6. The minimum atomic E-state index is -1.51. The maximum atomic E-state index is 13.9. The molecule has 0 aromatic carbocycles. The van der Waals surface area contributed by atoms with E-state index in [9.17, 15) is 101 Å². The van der Waals surface area contributed by atoms with Crippen LogP contribution in [0.1, 0.15) is 169 Å². The Hall–Kier alpha value is -11.7. The van der Waals surface area contributed by atoms with Gasteiger partial charge in [-0.15, -0.1) is 0 Å². The van der Waals surface area contributed by atoms with Gasteiger partial charge in [-0.3, -0.25) is 106 Å². The summed E-state index contributed by atoms with van der Waals surface area (Å²) in [7, 11) is 0. The summed E-state index contributed by atoms with van der Waals surface area (Å²) in [5.74, 6) is -9.83. The molecule has 0 bridgehead atoms. The van der Waals surface area contributed by atoms with E-state index in [0.29, 0.717) is 77.0 Å². The second-order valence-electron chi connectivity index (χ2n) is 32.4. The van der Waals surface area contributed by atoms with Crippen LogP contribution in [0, 0.1) is 0 Å². The van der Waals surface area contributed by atoms with E-state index in [0.717, 1.165) is 17.1 Å². The number of rotatable bonds is 96. The summed E-state index contributed by atoms with van der Waals surface area (Å²) in [4.78, 5) is 263. The number of nitrogens with one attached hydrogen (secondary N) is 18. The predicted octanol–water partition coefficient (Wildman–Crippen LogP) is -7.18. The van der Waals surface area contributed by atoms with Gasteiger partial charge in [0.2, 0.25) is 112 Å². The Balaban J connectivity index is 2.85. The molecule has 0 radical (unpaired) electrons. The Morgan fingerprint density at radius 2 is 0.462 bits per heavy atom. The third-order valence-corrected chi connectivity index (χ3v) is 19.9. The molecule has 145 heavy (non-hydrogen) atoms. The molecule has 20 N–H and O–H groups in total. The van der Waals surface area contributed by atoms with E-state index in [-0.39, 0.29) is 342 Å². The normalized spacial score (nSPS) is 12.2. The van der Waals surface area contributed by atoms with Gasteiger partial charge in [0.1, 0.15) is 63.8 Å². The van der Waals surface area contributed by atoms with Crippen LogP contribution < -0.4 is 101 Å². The number of primary amides is 1. The van der Waals surface area contributed by atoms with E-state index in [2.05, 4.69) is 95.7 Å². The van der Waals surface area contributed by atoms with Crippen LogP contribution in [0.3, 0.4) is 0 Å². The molecule has 0 aromatic heterocycles. The standard InChI is InChI=1S/C92H160N20O33/c1-5-15-72(113)97-32-24-76(117)101-36-43-134-49-55-140-62-81(122)94-29-12-9-19-68(108-84(125)65-143-58-52-136-45-38-103-78(119)26-34-99-74(115)17-7-3)90(131)105-40-47-138-51-57-142-64-83(124)96-31-14-11-21-70(92(133)111-71(89(93)130)61-107-80(121)28-42-112-87(128)22-23-88(112)129)110-86(127)67-145-60-54-139-48-41-106-91(132)69(109-85(126)66-144-59-53-137-46-39-104-79(120)27-35-100-75(116)18-8-4)20-10-13-30-95-82(123)63-141-56-50-135-44-37-102-77(118)25-33-98-73(114)16-6-2/h22-23,68-71H,5-21,24-67H2,1-4H3,(H2,93,130)(H,94,122)(H,95,123)(H,96,124)(H,97,113)(H,98,114)(H,99,115)(H,100,116)(H,101,117)(H,102,118)(H,103,119)(H,104,120)(H,105,131)(H,106,132)(H,107,121)(H,108,125)(H,109,126)(H,110,127)(H,111,133)/t68-,69-,70-,71-/m0/s1. The quantitative estimate of drug-likeness (QED) is 0.0199. The zero-order valence-corrected chi connectivity index (χ0v) is 84.6. The lowest BCUT2D eigenvalue weighted by molar-refractivity contribution is -0.138. The molecular formula is C92H160N20O33. The highest BCUT2D eigenvalue weighted by molar-refractivity contribution is 6.13. The summed E-state index contributed by atoms with van der Waals surface area (Å²) in [6, 6.07) is -4.93. The second kappa shape index (κ2) is 89.9. The third-order valence-electron chi connectivity index (χ3n) is 19.9. The van der Waals surface area contributed by atoms with Crippen LogP contribution in [0.15, 0.2) is 12.2 Å². The summed E-state index contributed by atoms with van der Waals surface area (Å²) < 4.78 is 65.7. The van der Waals surface area contributed by atoms with Crippen molar-refractivity contribution < 1.29 is 158 Å². The minimum Gasteiger partial charge on any atom is -0.377 e. The van der Waals surface area contributed by atoms with Crippen molar-refractivity contribution in [1.82, 2.24) is 101 Å². The average Bonchev–Trinajstić information content (AvgIpc) is 1.75. The number of hydrogen-bond acceptors (Lipinski definition) is 33. The van der Waals surface area contributed by atoms with Gasteiger partial charge < -0.3 is 158 Å². The Morgan fingerprint density at radius 1 is 0.234 bits per heavy atom. The molecule has 1 heterocycles. The lowest BCUT2D eigenvalue weighted by Gasteiger charge is -2.22. The smallest absolute Gasteiger partial charge is 0.253 e. The monoisotopic (exact) mass is 2070 g/mol. The van der Waals surface area contributed by atoms with Crippen LogP contribution >= 0.6 is 0 Å². The maximum absolute atomic E-state index is 13.9. The number of ether oxygens (including phenoxy) is 12. The van der Waals surface area contributed by atoms with E-state index in [1.165, 1.54) is 0 Å². The lowest BCUT2D eigenvalue weighted by atomic mass is 10.1. The Kier molecular flexibility index (Phi) is 81.4. The maximum Gasteiger partial charge on any atom is 0.253 e. The fraction of sp³-hybridized carbons (Fsp3) is 0.750. The largest absolute Gasteiger partial charge is 0.377 e. The van der Waals surface area contributed by atoms with Crippen molar-refractivity contribution in [3.8, 4) is 0 Å². The molecule has 21 amide bonds. The number of unbranched alkanes of at least 4 members (excludes halogenated alkanes) is 3. The summed E-state index contributed by atoms with van der Waals surface area (Å²) in [6.07, 6.45) is 8.79. The Labute approximate surface area is 846 Å². The van der Waals surface area contributed by atoms with E-state index < -0.39 is 127 Å². The van der Waals surface area contributed by atoms with Gasteiger partial charge in [-0.1, -0.05) is 27.7 Å². The molecule has 4 atom stereocenters. The summed E-state index contributed by atoms with van der Waals surface area (Å²) in [6.45, 7) is 7.73. The second-order valence-corrected chi connectivity index (χ2v) is 32.4. The van der Waals surface area contributed by atoms with E-state index in [1.54, 1.807) is 0 Å². The van der Waals surface area contributed by atoms with Gasteiger partial charge in [-0.05, 0) is 83.5 Å². The number of carbonyl (C=O) groups excluding carboxylic acids is 21. The van der Waals surface area contributed by atoms with Crippen molar-refractivity contribution in [3.63, 3.8) is 0 Å². The fourth-order valence-corrected chi connectivity index (χ4v) is 12.4. The molecule has 1 aliphatic rings. The topological polar surface area (TPSA) is 715 Å². The van der Waals surface area contributed by atoms with Gasteiger partial charge in [-0.25, -0.2) is 0 Å². The molecular weight excluding hydrogens is 1910 g/mol. The number of amides is 21. The molecule has 0 aliphatic carbocycles. The van der Waals surface area contributed by atoms with Crippen molar-refractivity contribution in [2.24, 2.45) is 5.73 Å². The zero-order chi connectivity index (χ0) is 107. The first-order chi connectivity index (χ1) is 70.0. The predicted molar refractivity (Wildman–Crippen MR) is 519 cm³/mol. The molecule has 53 heteroatoms. The molecule has 0 unspecified atom stereocenters. The number of nitrogens with zero attached hydrogens (tertiary/aromatic N) is 1. The number of imide groups is 1. The van der Waals surface area contributed by atoms with E-state index in [4.69, 9.17) is 62.6 Å². The van der Waals surface area contributed by atoms with Crippen molar-refractivity contribution in [2.75, 3.05) is 257 Å². The van der Waals surface area contributed by atoms with Gasteiger partial charge in [-0.2, -0.15) is 0 Å². The lowest BCUT2D eigenvalue weighted by Crippen LogP contribution is -2.56. The molecule has 1 rings (SSSR count). The van der Waals surface area contributed by atoms with Crippen LogP contribution in [0.4, 0.5) is 0 Å². The Bertz CT molecular complexity index is 3820. The molecule has 0 fully saturated rings. The summed E-state index contributed by atoms with van der Waals surface area (Å²) >= 11 is 0. The van der Waals surface area contributed by atoms with Gasteiger partial charge in [0, 0.05) is 168 Å². The summed E-state index contributed by atoms with van der Waals surface area (Å²) in [5.41, 5.74) is 5.62. The van der Waals surface area contributed by atoms with Crippen LogP contribution in [0.25, 0.3) is 0 Å². The first-order valence-corrected chi connectivity index (χ1v) is 49.7. The Morgan fingerprint density at radius 3 is 0.731 bits per heavy atom. The van der Waals surface area contributed by atoms with Gasteiger partial charge >= 0.3 is 0 Å². The number of hydrogen-bond donors (Lipinski definition) is 19. The third kappa shape index (κ3) is 78.4. The SMILES string of the molecule is CCCC(=O)NCCC(=O)NCCOCCOCC(=O)NCCCC[C@H](NC(=O)COCCOCCNC(=O)CCNC(=O)CCC)C(=O)NCCOCCOCC(=O)NCCCC[C@H](NC(=O)COCCOCCNC(=O)[C@H](CCCCNC(=O)COCCOCCNC(=O)CCNC(=O)CCC)NC(=O)COCCOCCNC(=O)CCNC(=O)CCC)C(=O)N[C@@H](CNC(=O)CCN1C(=O)C=CC1=O)C(N)=O. The molecule has 1 aliphatic heterocycles. The summed E-state index contributed by atoms with van der Waals surface area (Å²) in [5, 5.41) is 47.7. The van der Waals surface area contributed by atoms with Crippen LogP contribution in [0.2, 0.25) is 0 Å². The molecule has 826 valence electrons. The molecule has 0 saturated carbocycles. The minimum absolute atomic E-state index is 0.000859. The van der Waals surface area contributed by atoms with Crippen molar-refractivity contribution in [1.29, 1.82) is 0 Å². The molecule has 0 aromatic rings.